The van der Waals surface area contributed by atoms with Crippen LogP contribution in [0.25, 0.3) is 0 Å². The van der Waals surface area contributed by atoms with Crippen molar-refractivity contribution in [3.05, 3.63) is 12.7 Å². The van der Waals surface area contributed by atoms with E-state index in [1.165, 1.54) is 0 Å². The summed E-state index contributed by atoms with van der Waals surface area (Å²) in [6.07, 6.45) is 3.37. The average Bonchev–Trinajstić information content (AvgIpc) is 2.09. The predicted molar refractivity (Wildman–Crippen MR) is 55.7 cm³/mol. The van der Waals surface area contributed by atoms with Crippen LogP contribution in [-0.2, 0) is 0 Å². The van der Waals surface area contributed by atoms with Gasteiger partial charge in [-0.3, -0.25) is 0 Å². The lowest BCUT2D eigenvalue weighted by molar-refractivity contribution is 0.0164. The van der Waals surface area contributed by atoms with Crippen molar-refractivity contribution in [2.75, 3.05) is 19.6 Å². The van der Waals surface area contributed by atoms with E-state index >= 15 is 0 Å². The molecule has 0 unspecified atom stereocenters. The minimum Gasteiger partial charge on any atom is -0.386 e. The van der Waals surface area contributed by atoms with E-state index in [4.69, 9.17) is 0 Å². The first-order valence-corrected chi connectivity index (χ1v) is 5.14. The van der Waals surface area contributed by atoms with Crippen molar-refractivity contribution in [1.82, 2.24) is 4.90 Å². The lowest BCUT2D eigenvalue weighted by Gasteiger charge is -2.36. The summed E-state index contributed by atoms with van der Waals surface area (Å²) in [4.78, 5) is 2.42. The van der Waals surface area contributed by atoms with E-state index in [9.17, 15) is 5.11 Å². The first kappa shape index (κ1) is 10.7. The van der Waals surface area contributed by atoms with Crippen molar-refractivity contribution < 1.29 is 5.11 Å². The van der Waals surface area contributed by atoms with E-state index in [0.717, 1.165) is 38.4 Å². The third-order valence-electron chi connectivity index (χ3n) is 2.73. The Morgan fingerprint density at radius 2 is 2.00 bits per heavy atom. The Kier molecular flexibility index (Phi) is 3.51. The smallest absolute Gasteiger partial charge is 0.0849 e. The number of aliphatic hydroxyl groups is 1. The van der Waals surface area contributed by atoms with E-state index in [-0.39, 0.29) is 0 Å². The highest BCUT2D eigenvalue weighted by Gasteiger charge is 2.28. The molecule has 1 N–H and O–H groups in total. The van der Waals surface area contributed by atoms with Crippen LogP contribution in [0.4, 0.5) is 0 Å². The maximum atomic E-state index is 9.89. The van der Waals surface area contributed by atoms with Crippen molar-refractivity contribution in [1.29, 1.82) is 0 Å². The summed E-state index contributed by atoms with van der Waals surface area (Å²) in [6.45, 7) is 11.3. The number of piperidine rings is 1. The number of likely N-dealkylation sites (tertiary alicyclic amines) is 1. The van der Waals surface area contributed by atoms with E-state index in [0.29, 0.717) is 0 Å². The molecule has 1 fully saturated rings. The van der Waals surface area contributed by atoms with Crippen LogP contribution < -0.4 is 0 Å². The molecule has 0 aromatic carbocycles. The monoisotopic (exact) mass is 183 g/mol. The van der Waals surface area contributed by atoms with Gasteiger partial charge in [0.25, 0.3) is 0 Å². The molecular weight excluding hydrogens is 162 g/mol. The standard InChI is InChI=1S/C11H21NO/c1-4-11(13)5-7-12(8-6-11)9-10(2)3/h4,10,13H,1,5-9H2,2-3H3. The summed E-state index contributed by atoms with van der Waals surface area (Å²) in [5, 5.41) is 9.89. The third kappa shape index (κ3) is 3.12. The Balaban J connectivity index is 2.34. The molecule has 0 aromatic heterocycles. The van der Waals surface area contributed by atoms with Gasteiger partial charge in [0.15, 0.2) is 0 Å². The van der Waals surface area contributed by atoms with Crippen molar-refractivity contribution in [3.8, 4) is 0 Å². The summed E-state index contributed by atoms with van der Waals surface area (Å²) < 4.78 is 0. The third-order valence-corrected chi connectivity index (χ3v) is 2.73. The zero-order valence-electron chi connectivity index (χ0n) is 8.79. The molecule has 1 heterocycles. The van der Waals surface area contributed by atoms with Crippen LogP contribution >= 0.6 is 0 Å². The maximum absolute atomic E-state index is 9.89. The highest BCUT2D eigenvalue weighted by Crippen LogP contribution is 2.23. The molecule has 0 bridgehead atoms. The lowest BCUT2D eigenvalue weighted by Crippen LogP contribution is -2.44. The maximum Gasteiger partial charge on any atom is 0.0849 e. The van der Waals surface area contributed by atoms with Crippen LogP contribution in [0, 0.1) is 5.92 Å². The molecule has 1 aliphatic rings. The van der Waals surface area contributed by atoms with Gasteiger partial charge in [0, 0.05) is 19.6 Å². The van der Waals surface area contributed by atoms with Gasteiger partial charge in [-0.05, 0) is 18.8 Å². The van der Waals surface area contributed by atoms with Crippen molar-refractivity contribution >= 4 is 0 Å². The topological polar surface area (TPSA) is 23.5 Å². The zero-order valence-corrected chi connectivity index (χ0v) is 8.79. The Morgan fingerprint density at radius 1 is 1.46 bits per heavy atom. The van der Waals surface area contributed by atoms with Crippen LogP contribution in [0.15, 0.2) is 12.7 Å². The van der Waals surface area contributed by atoms with Gasteiger partial charge in [0.05, 0.1) is 5.60 Å². The minimum atomic E-state index is -0.590. The van der Waals surface area contributed by atoms with Gasteiger partial charge in [-0.25, -0.2) is 0 Å². The fourth-order valence-electron chi connectivity index (χ4n) is 1.84. The largest absolute Gasteiger partial charge is 0.386 e. The molecular formula is C11H21NO. The molecule has 0 aromatic rings. The molecule has 2 nitrogen and oxygen atoms in total. The Labute approximate surface area is 81.2 Å². The molecule has 1 saturated heterocycles. The molecule has 1 aliphatic heterocycles. The normalized spacial score (nSPS) is 23.4. The van der Waals surface area contributed by atoms with Crippen molar-refractivity contribution in [3.63, 3.8) is 0 Å². The second-order valence-corrected chi connectivity index (χ2v) is 4.50. The summed E-state index contributed by atoms with van der Waals surface area (Å²) in [5.41, 5.74) is -0.590. The zero-order chi connectivity index (χ0) is 9.90. The second-order valence-electron chi connectivity index (χ2n) is 4.50. The van der Waals surface area contributed by atoms with Gasteiger partial charge in [-0.1, -0.05) is 19.9 Å². The number of hydrogen-bond donors (Lipinski definition) is 1. The lowest BCUT2D eigenvalue weighted by atomic mass is 9.91. The molecule has 76 valence electrons. The Morgan fingerprint density at radius 3 is 2.38 bits per heavy atom. The van der Waals surface area contributed by atoms with Gasteiger partial charge in [0.2, 0.25) is 0 Å². The Bertz CT molecular complexity index is 169. The molecule has 13 heavy (non-hydrogen) atoms. The molecule has 0 saturated carbocycles. The summed E-state index contributed by atoms with van der Waals surface area (Å²) in [7, 11) is 0. The molecule has 0 atom stereocenters. The van der Waals surface area contributed by atoms with Crippen LogP contribution in [0.5, 0.6) is 0 Å². The molecule has 1 rings (SSSR count). The molecule has 0 aliphatic carbocycles. The van der Waals surface area contributed by atoms with E-state index < -0.39 is 5.60 Å². The first-order chi connectivity index (χ1) is 6.06. The van der Waals surface area contributed by atoms with Crippen LogP contribution in [0.1, 0.15) is 26.7 Å². The predicted octanol–water partition coefficient (Wildman–Crippen LogP) is 1.66. The van der Waals surface area contributed by atoms with E-state index in [1.807, 2.05) is 0 Å². The van der Waals surface area contributed by atoms with E-state index in [1.54, 1.807) is 6.08 Å². The first-order valence-electron chi connectivity index (χ1n) is 5.14. The van der Waals surface area contributed by atoms with Gasteiger partial charge in [-0.2, -0.15) is 0 Å². The fraction of sp³-hybridized carbons (Fsp3) is 0.818. The van der Waals surface area contributed by atoms with E-state index in [2.05, 4.69) is 25.3 Å². The highest BCUT2D eigenvalue weighted by molar-refractivity contribution is 4.99. The highest BCUT2D eigenvalue weighted by atomic mass is 16.3. The SMILES string of the molecule is C=CC1(O)CCN(CC(C)C)CC1. The molecule has 2 heteroatoms. The number of nitrogens with zero attached hydrogens (tertiary/aromatic N) is 1. The fourth-order valence-corrected chi connectivity index (χ4v) is 1.84. The Hall–Kier alpha value is -0.340. The van der Waals surface area contributed by atoms with Gasteiger partial charge in [0.1, 0.15) is 0 Å². The van der Waals surface area contributed by atoms with Gasteiger partial charge in [-0.15, -0.1) is 6.58 Å². The summed E-state index contributed by atoms with van der Waals surface area (Å²) in [5.74, 6) is 0.718. The average molecular weight is 183 g/mol. The number of rotatable bonds is 3. The molecule has 0 spiro atoms. The second kappa shape index (κ2) is 4.25. The van der Waals surface area contributed by atoms with Crippen LogP contribution in [0.2, 0.25) is 0 Å². The van der Waals surface area contributed by atoms with Gasteiger partial charge >= 0.3 is 0 Å². The van der Waals surface area contributed by atoms with Crippen LogP contribution in [0.3, 0.4) is 0 Å². The summed E-state index contributed by atoms with van der Waals surface area (Å²) in [6, 6.07) is 0. The molecule has 0 amide bonds. The van der Waals surface area contributed by atoms with Crippen molar-refractivity contribution in [2.24, 2.45) is 5.92 Å². The van der Waals surface area contributed by atoms with Crippen molar-refractivity contribution in [2.45, 2.75) is 32.3 Å². The molecule has 0 radical (unpaired) electrons. The van der Waals surface area contributed by atoms with Crippen LogP contribution in [-0.4, -0.2) is 35.2 Å². The number of hydrogen-bond acceptors (Lipinski definition) is 2. The van der Waals surface area contributed by atoms with Gasteiger partial charge < -0.3 is 10.0 Å². The summed E-state index contributed by atoms with van der Waals surface area (Å²) >= 11 is 0. The quantitative estimate of drug-likeness (QED) is 0.673. The minimum absolute atomic E-state index is 0.590.